The number of rotatable bonds is 5. The van der Waals surface area contributed by atoms with Gasteiger partial charge in [0.1, 0.15) is 5.82 Å². The van der Waals surface area contributed by atoms with E-state index in [2.05, 4.69) is 15.5 Å². The van der Waals surface area contributed by atoms with Crippen LogP contribution < -0.4 is 16.7 Å². The molecular formula is C21H18ClFN6O2. The molecule has 4 aromatic rings. The van der Waals surface area contributed by atoms with Gasteiger partial charge in [0, 0.05) is 19.1 Å². The zero-order valence-electron chi connectivity index (χ0n) is 16.7. The number of hydrogen-bond donors (Lipinski definition) is 1. The van der Waals surface area contributed by atoms with Crippen LogP contribution in [-0.4, -0.2) is 24.9 Å². The molecule has 4 rings (SSSR count). The van der Waals surface area contributed by atoms with Crippen LogP contribution in [0.1, 0.15) is 11.1 Å². The van der Waals surface area contributed by atoms with E-state index < -0.39 is 11.2 Å². The summed E-state index contributed by atoms with van der Waals surface area (Å²) in [6.45, 7) is 0.277. The maximum absolute atomic E-state index is 13.1. The second-order valence-electron chi connectivity index (χ2n) is 6.95. The highest BCUT2D eigenvalue weighted by Gasteiger charge is 2.19. The number of hydrogen-bond acceptors (Lipinski definition) is 5. The number of halogens is 2. The van der Waals surface area contributed by atoms with Gasteiger partial charge in [0.05, 0.1) is 12.8 Å². The van der Waals surface area contributed by atoms with Crippen LogP contribution in [0.4, 0.5) is 10.3 Å². The third kappa shape index (κ3) is 3.99. The lowest BCUT2D eigenvalue weighted by atomic mass is 10.2. The third-order valence-corrected chi connectivity index (χ3v) is 5.06. The molecule has 0 radical (unpaired) electrons. The summed E-state index contributed by atoms with van der Waals surface area (Å²) in [5.41, 5.74) is 3.88. The molecule has 0 aliphatic heterocycles. The van der Waals surface area contributed by atoms with Crippen molar-refractivity contribution in [2.24, 2.45) is 19.2 Å². The number of nitrogens with zero attached hydrogens (tertiary/aromatic N) is 5. The van der Waals surface area contributed by atoms with E-state index in [1.807, 2.05) is 12.1 Å². The minimum absolute atomic E-state index is 0.231. The summed E-state index contributed by atoms with van der Waals surface area (Å²) >= 11 is 6.11. The zero-order valence-corrected chi connectivity index (χ0v) is 17.5. The monoisotopic (exact) mass is 440 g/mol. The lowest BCUT2D eigenvalue weighted by Crippen LogP contribution is -2.37. The van der Waals surface area contributed by atoms with Crippen LogP contribution in [0.15, 0.2) is 63.2 Å². The Bertz CT molecular complexity index is 1420. The first-order chi connectivity index (χ1) is 14.8. The summed E-state index contributed by atoms with van der Waals surface area (Å²) in [6.07, 6.45) is 1.50. The number of anilines is 1. The topological polar surface area (TPSA) is 86.2 Å². The fourth-order valence-corrected chi connectivity index (χ4v) is 3.43. The first-order valence-electron chi connectivity index (χ1n) is 9.30. The van der Waals surface area contributed by atoms with Gasteiger partial charge in [-0.3, -0.25) is 18.5 Å². The second-order valence-corrected chi connectivity index (χ2v) is 7.39. The minimum Gasteiger partial charge on any atom is -0.298 e. The molecule has 2 heterocycles. The molecule has 0 unspecified atom stereocenters. The Balaban J connectivity index is 1.82. The van der Waals surface area contributed by atoms with E-state index in [1.54, 1.807) is 35.9 Å². The Kier molecular flexibility index (Phi) is 5.43. The molecule has 158 valence electrons. The van der Waals surface area contributed by atoms with Gasteiger partial charge < -0.3 is 0 Å². The Hall–Kier alpha value is -3.72. The molecule has 31 heavy (non-hydrogen) atoms. The summed E-state index contributed by atoms with van der Waals surface area (Å²) in [4.78, 5) is 29.6. The highest BCUT2D eigenvalue weighted by molar-refractivity contribution is 6.30. The van der Waals surface area contributed by atoms with E-state index in [0.29, 0.717) is 10.6 Å². The summed E-state index contributed by atoms with van der Waals surface area (Å²) in [6, 6.07) is 13.0. The SMILES string of the molecule is Cn1c(=O)c2c(nc(N/N=C\c3ccc(F)cc3)n2Cc2cccc(Cl)c2)n(C)c1=O. The average molecular weight is 441 g/mol. The summed E-state index contributed by atoms with van der Waals surface area (Å²) in [5.74, 6) is -0.0724. The van der Waals surface area contributed by atoms with Gasteiger partial charge in [-0.2, -0.15) is 10.1 Å². The fraction of sp³-hybridized carbons (Fsp3) is 0.143. The molecule has 0 aliphatic rings. The van der Waals surface area contributed by atoms with Crippen molar-refractivity contribution in [1.29, 1.82) is 0 Å². The van der Waals surface area contributed by atoms with E-state index in [9.17, 15) is 14.0 Å². The fourth-order valence-electron chi connectivity index (χ4n) is 3.22. The molecule has 2 aromatic carbocycles. The maximum atomic E-state index is 13.1. The number of nitrogens with one attached hydrogen (secondary N) is 1. The van der Waals surface area contributed by atoms with Crippen LogP contribution >= 0.6 is 11.6 Å². The van der Waals surface area contributed by atoms with E-state index in [4.69, 9.17) is 11.6 Å². The summed E-state index contributed by atoms with van der Waals surface area (Å²) < 4.78 is 17.1. The Morgan fingerprint density at radius 1 is 1.13 bits per heavy atom. The number of aromatic nitrogens is 4. The first-order valence-corrected chi connectivity index (χ1v) is 9.68. The standard InChI is InChI=1S/C21H18ClFN6O2/c1-27-18-17(19(30)28(2)21(27)31)29(12-14-4-3-5-15(22)10-14)20(25-18)26-24-11-13-6-8-16(23)9-7-13/h3-11H,12H2,1-2H3,(H,25,26)/b24-11-. The Morgan fingerprint density at radius 2 is 1.87 bits per heavy atom. The molecule has 0 aliphatic carbocycles. The van der Waals surface area contributed by atoms with Crippen molar-refractivity contribution in [3.63, 3.8) is 0 Å². The van der Waals surface area contributed by atoms with Gasteiger partial charge in [0.15, 0.2) is 11.2 Å². The van der Waals surface area contributed by atoms with Gasteiger partial charge in [-0.05, 0) is 35.4 Å². The Morgan fingerprint density at radius 3 is 2.58 bits per heavy atom. The molecule has 0 atom stereocenters. The van der Waals surface area contributed by atoms with Gasteiger partial charge in [0.2, 0.25) is 5.95 Å². The van der Waals surface area contributed by atoms with E-state index in [0.717, 1.165) is 10.1 Å². The summed E-state index contributed by atoms with van der Waals surface area (Å²) in [5, 5.41) is 4.72. The van der Waals surface area contributed by atoms with Crippen molar-refractivity contribution in [3.8, 4) is 0 Å². The van der Waals surface area contributed by atoms with Gasteiger partial charge in [-0.15, -0.1) is 0 Å². The number of fused-ring (bicyclic) bond motifs is 1. The largest absolute Gasteiger partial charge is 0.332 e. The van der Waals surface area contributed by atoms with Gasteiger partial charge >= 0.3 is 5.69 Å². The van der Waals surface area contributed by atoms with Gasteiger partial charge in [-0.1, -0.05) is 35.9 Å². The highest BCUT2D eigenvalue weighted by Crippen LogP contribution is 2.19. The van der Waals surface area contributed by atoms with Crippen molar-refractivity contribution in [1.82, 2.24) is 18.7 Å². The van der Waals surface area contributed by atoms with Crippen molar-refractivity contribution in [2.45, 2.75) is 6.54 Å². The van der Waals surface area contributed by atoms with Crippen molar-refractivity contribution < 1.29 is 4.39 Å². The quantitative estimate of drug-likeness (QED) is 0.382. The van der Waals surface area contributed by atoms with Gasteiger partial charge in [0.25, 0.3) is 5.56 Å². The molecule has 8 nitrogen and oxygen atoms in total. The summed E-state index contributed by atoms with van der Waals surface area (Å²) in [7, 11) is 2.97. The van der Waals surface area contributed by atoms with Crippen LogP contribution in [0.25, 0.3) is 11.2 Å². The minimum atomic E-state index is -0.480. The van der Waals surface area contributed by atoms with Crippen molar-refractivity contribution in [3.05, 3.63) is 91.3 Å². The van der Waals surface area contributed by atoms with Crippen LogP contribution in [0.3, 0.4) is 0 Å². The highest BCUT2D eigenvalue weighted by atomic mass is 35.5. The molecule has 0 spiro atoms. The van der Waals surface area contributed by atoms with Crippen LogP contribution in [0.2, 0.25) is 5.02 Å². The van der Waals surface area contributed by atoms with Crippen molar-refractivity contribution in [2.75, 3.05) is 5.43 Å². The molecule has 0 amide bonds. The molecule has 1 N–H and O–H groups in total. The number of hydrazone groups is 1. The molecule has 2 aromatic heterocycles. The third-order valence-electron chi connectivity index (χ3n) is 4.83. The maximum Gasteiger partial charge on any atom is 0.332 e. The predicted molar refractivity (Wildman–Crippen MR) is 118 cm³/mol. The van der Waals surface area contributed by atoms with E-state index in [-0.39, 0.29) is 29.5 Å². The normalized spacial score (nSPS) is 11.5. The van der Waals surface area contributed by atoms with Crippen molar-refractivity contribution >= 4 is 34.9 Å². The van der Waals surface area contributed by atoms with E-state index in [1.165, 1.54) is 30.0 Å². The first kappa shape index (κ1) is 20.5. The lowest BCUT2D eigenvalue weighted by molar-refractivity contribution is 0.628. The lowest BCUT2D eigenvalue weighted by Gasteiger charge is -2.09. The smallest absolute Gasteiger partial charge is 0.298 e. The average Bonchev–Trinajstić information content (AvgIpc) is 3.10. The molecular weight excluding hydrogens is 423 g/mol. The number of imidazole rings is 1. The van der Waals surface area contributed by atoms with Gasteiger partial charge in [-0.25, -0.2) is 14.6 Å². The molecule has 0 fully saturated rings. The number of benzene rings is 2. The molecule has 0 bridgehead atoms. The molecule has 0 saturated heterocycles. The number of aryl methyl sites for hydroxylation is 1. The van der Waals surface area contributed by atoms with E-state index >= 15 is 0 Å². The predicted octanol–water partition coefficient (Wildman–Crippen LogP) is 2.72. The molecule has 0 saturated carbocycles. The second kappa shape index (κ2) is 8.19. The van der Waals surface area contributed by atoms with Crippen LogP contribution in [-0.2, 0) is 20.6 Å². The van der Waals surface area contributed by atoms with Crippen LogP contribution in [0, 0.1) is 5.82 Å². The molecule has 10 heteroatoms. The van der Waals surface area contributed by atoms with Crippen LogP contribution in [0.5, 0.6) is 0 Å². The Labute approximate surface area is 180 Å². The zero-order chi connectivity index (χ0) is 22.1.